The minimum atomic E-state index is -3.84. The number of carbonyl (C=O) groups is 1. The molecule has 150 valence electrons. The number of carbonyl (C=O) groups excluding carboxylic acids is 1. The Labute approximate surface area is 182 Å². The first kappa shape index (κ1) is 21.3. The minimum absolute atomic E-state index is 0.0268. The maximum atomic E-state index is 12.4. The molecule has 0 aromatic heterocycles. The minimum Gasteiger partial charge on any atom is -0.507 e. The van der Waals surface area contributed by atoms with Gasteiger partial charge in [-0.05, 0) is 60.7 Å². The van der Waals surface area contributed by atoms with E-state index in [-0.39, 0.29) is 37.6 Å². The molecule has 0 radical (unpaired) electrons. The van der Waals surface area contributed by atoms with Crippen LogP contribution in [0, 0.1) is 0 Å². The van der Waals surface area contributed by atoms with Crippen LogP contribution in [0.3, 0.4) is 0 Å². The van der Waals surface area contributed by atoms with E-state index in [9.17, 15) is 18.3 Å². The van der Waals surface area contributed by atoms with Crippen molar-refractivity contribution >= 4 is 62.1 Å². The molecule has 0 atom stereocenters. The van der Waals surface area contributed by atoms with Crippen molar-refractivity contribution in [2.24, 2.45) is 0 Å². The molecule has 0 heterocycles. The number of benzene rings is 3. The summed E-state index contributed by atoms with van der Waals surface area (Å²) in [4.78, 5) is 12.4. The van der Waals surface area contributed by atoms with Crippen molar-refractivity contribution in [3.8, 4) is 5.75 Å². The Balaban J connectivity index is 1.79. The number of halogens is 3. The standard InChI is InChI=1S/C19H13Cl3N2O4S/c20-11-1-5-14(6-2-11)29(27,28)24-13-4-7-17(16(22)10-13)23-19(26)15-9-12(21)3-8-18(15)25/h1-10,24-25H,(H,23,26). The number of amides is 1. The first-order chi connectivity index (χ1) is 13.7. The molecule has 3 rings (SSSR count). The Morgan fingerprint density at radius 2 is 1.52 bits per heavy atom. The van der Waals surface area contributed by atoms with Gasteiger partial charge in [0.25, 0.3) is 15.9 Å². The zero-order valence-electron chi connectivity index (χ0n) is 14.5. The van der Waals surface area contributed by atoms with Gasteiger partial charge in [0, 0.05) is 10.0 Å². The van der Waals surface area contributed by atoms with Crippen molar-refractivity contribution in [3.05, 3.63) is 81.3 Å². The number of anilines is 2. The lowest BCUT2D eigenvalue weighted by Crippen LogP contribution is -2.14. The van der Waals surface area contributed by atoms with E-state index in [0.29, 0.717) is 5.02 Å². The summed E-state index contributed by atoms with van der Waals surface area (Å²) in [6.07, 6.45) is 0. The van der Waals surface area contributed by atoms with Gasteiger partial charge in [0.1, 0.15) is 5.75 Å². The summed E-state index contributed by atoms with van der Waals surface area (Å²) in [6.45, 7) is 0. The van der Waals surface area contributed by atoms with E-state index < -0.39 is 15.9 Å². The molecular formula is C19H13Cl3N2O4S. The maximum absolute atomic E-state index is 12.4. The van der Waals surface area contributed by atoms with Gasteiger partial charge >= 0.3 is 0 Å². The molecule has 0 fully saturated rings. The Morgan fingerprint density at radius 3 is 2.17 bits per heavy atom. The average molecular weight is 472 g/mol. The van der Waals surface area contributed by atoms with Crippen LogP contribution in [0.2, 0.25) is 15.1 Å². The number of hydrogen-bond acceptors (Lipinski definition) is 4. The van der Waals surface area contributed by atoms with Gasteiger partial charge in [0.15, 0.2) is 0 Å². The number of phenols is 1. The molecular weight excluding hydrogens is 459 g/mol. The van der Waals surface area contributed by atoms with Crippen LogP contribution in [0.4, 0.5) is 11.4 Å². The van der Waals surface area contributed by atoms with E-state index in [1.807, 2.05) is 0 Å². The molecule has 3 N–H and O–H groups in total. The van der Waals surface area contributed by atoms with E-state index in [0.717, 1.165) is 0 Å². The van der Waals surface area contributed by atoms with Gasteiger partial charge in [0.05, 0.1) is 26.9 Å². The highest BCUT2D eigenvalue weighted by Crippen LogP contribution is 2.29. The van der Waals surface area contributed by atoms with E-state index in [4.69, 9.17) is 34.8 Å². The third kappa shape index (κ3) is 5.13. The second-order valence-electron chi connectivity index (χ2n) is 5.87. The smallest absolute Gasteiger partial charge is 0.261 e. The van der Waals surface area contributed by atoms with Crippen molar-refractivity contribution in [2.45, 2.75) is 4.90 Å². The average Bonchev–Trinajstić information content (AvgIpc) is 2.66. The molecule has 3 aromatic carbocycles. The molecule has 0 saturated carbocycles. The van der Waals surface area contributed by atoms with Crippen LogP contribution < -0.4 is 10.0 Å². The van der Waals surface area contributed by atoms with Crippen LogP contribution in [0.15, 0.2) is 65.6 Å². The predicted molar refractivity (Wildman–Crippen MR) is 115 cm³/mol. The van der Waals surface area contributed by atoms with Crippen LogP contribution >= 0.6 is 34.8 Å². The summed E-state index contributed by atoms with van der Waals surface area (Å²) in [5.41, 5.74) is 0.403. The van der Waals surface area contributed by atoms with Crippen molar-refractivity contribution in [1.29, 1.82) is 0 Å². The molecule has 0 unspecified atom stereocenters. The molecule has 0 aliphatic carbocycles. The van der Waals surface area contributed by atoms with Crippen LogP contribution in [-0.4, -0.2) is 19.4 Å². The van der Waals surface area contributed by atoms with Gasteiger partial charge in [-0.1, -0.05) is 34.8 Å². The van der Waals surface area contributed by atoms with Crippen molar-refractivity contribution in [3.63, 3.8) is 0 Å². The molecule has 0 bridgehead atoms. The van der Waals surface area contributed by atoms with Gasteiger partial charge in [-0.25, -0.2) is 8.42 Å². The Bertz CT molecular complexity index is 1180. The first-order valence-electron chi connectivity index (χ1n) is 8.03. The molecule has 0 aliphatic rings. The SMILES string of the molecule is O=C(Nc1ccc(NS(=O)(=O)c2ccc(Cl)cc2)cc1Cl)c1cc(Cl)ccc1O. The van der Waals surface area contributed by atoms with E-state index in [1.54, 1.807) is 0 Å². The molecule has 10 heteroatoms. The van der Waals surface area contributed by atoms with Crippen molar-refractivity contribution in [1.82, 2.24) is 0 Å². The molecule has 6 nitrogen and oxygen atoms in total. The van der Waals surface area contributed by atoms with Gasteiger partial charge in [-0.2, -0.15) is 0 Å². The maximum Gasteiger partial charge on any atom is 0.261 e. The number of hydrogen-bond donors (Lipinski definition) is 3. The Hall–Kier alpha value is -2.45. The summed E-state index contributed by atoms with van der Waals surface area (Å²) >= 11 is 17.8. The third-order valence-electron chi connectivity index (χ3n) is 3.80. The molecule has 3 aromatic rings. The normalized spacial score (nSPS) is 11.1. The van der Waals surface area contributed by atoms with Crippen molar-refractivity contribution < 1.29 is 18.3 Å². The summed E-state index contributed by atoms with van der Waals surface area (Å²) in [5, 5.41) is 13.1. The lowest BCUT2D eigenvalue weighted by molar-refractivity contribution is 0.102. The van der Waals surface area contributed by atoms with Gasteiger partial charge < -0.3 is 10.4 Å². The lowest BCUT2D eigenvalue weighted by Gasteiger charge is -2.12. The first-order valence-corrected chi connectivity index (χ1v) is 10.7. The largest absolute Gasteiger partial charge is 0.507 e. The summed E-state index contributed by atoms with van der Waals surface area (Å²) in [5.74, 6) is -0.864. The number of rotatable bonds is 5. The summed E-state index contributed by atoms with van der Waals surface area (Å²) < 4.78 is 27.3. The Kier molecular flexibility index (Phi) is 6.24. The van der Waals surface area contributed by atoms with Gasteiger partial charge in [-0.3, -0.25) is 9.52 Å². The van der Waals surface area contributed by atoms with Gasteiger partial charge in [-0.15, -0.1) is 0 Å². The molecule has 0 aliphatic heterocycles. The molecule has 0 spiro atoms. The topological polar surface area (TPSA) is 95.5 Å². The second-order valence-corrected chi connectivity index (χ2v) is 8.83. The highest BCUT2D eigenvalue weighted by atomic mass is 35.5. The fourth-order valence-corrected chi connectivity index (χ4v) is 3.96. The zero-order valence-corrected chi connectivity index (χ0v) is 17.6. The molecule has 1 amide bonds. The van der Waals surface area contributed by atoms with Crippen LogP contribution in [-0.2, 0) is 10.0 Å². The highest BCUT2D eigenvalue weighted by molar-refractivity contribution is 7.92. The second kappa shape index (κ2) is 8.51. The van der Waals surface area contributed by atoms with Crippen LogP contribution in [0.1, 0.15) is 10.4 Å². The van der Waals surface area contributed by atoms with Gasteiger partial charge in [0.2, 0.25) is 0 Å². The molecule has 29 heavy (non-hydrogen) atoms. The number of nitrogens with one attached hydrogen (secondary N) is 2. The predicted octanol–water partition coefficient (Wildman–Crippen LogP) is 5.41. The summed E-state index contributed by atoms with van der Waals surface area (Å²) in [6, 6.07) is 14.0. The van der Waals surface area contributed by atoms with Crippen molar-refractivity contribution in [2.75, 3.05) is 10.0 Å². The highest BCUT2D eigenvalue weighted by Gasteiger charge is 2.17. The third-order valence-corrected chi connectivity index (χ3v) is 5.99. The van der Waals surface area contributed by atoms with E-state index >= 15 is 0 Å². The van der Waals surface area contributed by atoms with Crippen LogP contribution in [0.25, 0.3) is 0 Å². The molecule has 0 saturated heterocycles. The fraction of sp³-hybridized carbons (Fsp3) is 0. The van der Waals surface area contributed by atoms with Crippen LogP contribution in [0.5, 0.6) is 5.75 Å². The lowest BCUT2D eigenvalue weighted by atomic mass is 10.2. The monoisotopic (exact) mass is 470 g/mol. The summed E-state index contributed by atoms with van der Waals surface area (Å²) in [7, 11) is -3.84. The number of phenolic OH excluding ortho intramolecular Hbond substituents is 1. The number of sulfonamides is 1. The van der Waals surface area contributed by atoms with E-state index in [1.165, 1.54) is 60.7 Å². The zero-order chi connectivity index (χ0) is 21.2. The quantitative estimate of drug-likeness (QED) is 0.464. The Morgan fingerprint density at radius 1 is 0.862 bits per heavy atom. The number of aromatic hydroxyl groups is 1. The van der Waals surface area contributed by atoms with E-state index in [2.05, 4.69) is 10.0 Å². The fourth-order valence-electron chi connectivity index (χ4n) is 2.39.